The van der Waals surface area contributed by atoms with E-state index in [-0.39, 0.29) is 30.4 Å². The van der Waals surface area contributed by atoms with E-state index >= 15 is 0 Å². The minimum Gasteiger partial charge on any atom is -0.348 e. The lowest BCUT2D eigenvalue weighted by Crippen LogP contribution is -2.43. The molecule has 2 aromatic carbocycles. The van der Waals surface area contributed by atoms with E-state index in [9.17, 15) is 4.79 Å². The number of hydrogen-bond acceptors (Lipinski definition) is 2. The summed E-state index contributed by atoms with van der Waals surface area (Å²) in [5.74, 6) is 0.0453. The first kappa shape index (κ1) is 18.5. The number of fused-ring (bicyclic) bond motifs is 1. The zero-order valence-corrected chi connectivity index (χ0v) is 14.2. The lowest BCUT2D eigenvalue weighted by molar-refractivity contribution is -0.123. The van der Waals surface area contributed by atoms with Gasteiger partial charge in [-0.05, 0) is 43.1 Å². The minimum atomic E-state index is -0.164. The van der Waals surface area contributed by atoms with Crippen LogP contribution in [0.3, 0.4) is 0 Å². The minimum absolute atomic E-state index is 0. The zero-order chi connectivity index (χ0) is 15.2. The van der Waals surface area contributed by atoms with Gasteiger partial charge in [-0.1, -0.05) is 49.4 Å². The van der Waals surface area contributed by atoms with E-state index in [1.165, 1.54) is 10.8 Å². The molecule has 2 N–H and O–H groups in total. The SMILES string of the molecule is CCCNC(C)C(=O)NC(C)c1cccc2ccccc12.Cl. The highest BCUT2D eigenvalue weighted by Crippen LogP contribution is 2.23. The zero-order valence-electron chi connectivity index (χ0n) is 13.4. The van der Waals surface area contributed by atoms with E-state index in [0.29, 0.717) is 0 Å². The monoisotopic (exact) mass is 320 g/mol. The van der Waals surface area contributed by atoms with Gasteiger partial charge in [-0.2, -0.15) is 0 Å². The maximum atomic E-state index is 12.2. The molecule has 1 amide bonds. The Balaban J connectivity index is 0.00000242. The van der Waals surface area contributed by atoms with Crippen molar-refractivity contribution in [3.05, 3.63) is 48.0 Å². The van der Waals surface area contributed by atoms with Gasteiger partial charge in [-0.25, -0.2) is 0 Å². The summed E-state index contributed by atoms with van der Waals surface area (Å²) in [5, 5.41) is 8.71. The topological polar surface area (TPSA) is 41.1 Å². The number of halogens is 1. The molecule has 4 heteroatoms. The average Bonchev–Trinajstić information content (AvgIpc) is 2.51. The Hall–Kier alpha value is -1.58. The van der Waals surface area contributed by atoms with Crippen LogP contribution in [0.25, 0.3) is 10.8 Å². The number of nitrogens with one attached hydrogen (secondary N) is 2. The first-order chi connectivity index (χ1) is 10.1. The Labute approximate surface area is 138 Å². The molecule has 2 rings (SSSR count). The molecule has 0 spiro atoms. The summed E-state index contributed by atoms with van der Waals surface area (Å²) in [7, 11) is 0. The largest absolute Gasteiger partial charge is 0.348 e. The molecule has 0 aliphatic rings. The van der Waals surface area contributed by atoms with Gasteiger partial charge in [0.1, 0.15) is 0 Å². The van der Waals surface area contributed by atoms with Gasteiger partial charge in [0.25, 0.3) is 0 Å². The predicted molar refractivity (Wildman–Crippen MR) is 95.5 cm³/mol. The van der Waals surface area contributed by atoms with Gasteiger partial charge in [0.15, 0.2) is 0 Å². The van der Waals surface area contributed by atoms with Crippen LogP contribution in [0.4, 0.5) is 0 Å². The van der Waals surface area contributed by atoms with Crippen LogP contribution in [0.2, 0.25) is 0 Å². The van der Waals surface area contributed by atoms with Crippen molar-refractivity contribution >= 4 is 29.1 Å². The van der Waals surface area contributed by atoms with Gasteiger partial charge in [0, 0.05) is 0 Å². The number of hydrogen-bond donors (Lipinski definition) is 2. The van der Waals surface area contributed by atoms with E-state index in [1.54, 1.807) is 0 Å². The third-order valence-corrected chi connectivity index (χ3v) is 3.74. The Morgan fingerprint density at radius 2 is 1.77 bits per heavy atom. The van der Waals surface area contributed by atoms with Crippen LogP contribution in [0, 0.1) is 0 Å². The normalized spacial score (nSPS) is 13.2. The molecule has 2 atom stereocenters. The van der Waals surface area contributed by atoms with Crippen LogP contribution in [-0.2, 0) is 4.79 Å². The van der Waals surface area contributed by atoms with Crippen molar-refractivity contribution in [2.45, 2.75) is 39.3 Å². The standard InChI is InChI=1S/C18H24N2O.ClH/c1-4-12-19-14(3)18(21)20-13(2)16-11-7-9-15-8-5-6-10-17(15)16;/h5-11,13-14,19H,4,12H2,1-3H3,(H,20,21);1H. The lowest BCUT2D eigenvalue weighted by atomic mass is 9.99. The summed E-state index contributed by atoms with van der Waals surface area (Å²) >= 11 is 0. The van der Waals surface area contributed by atoms with Crippen LogP contribution < -0.4 is 10.6 Å². The maximum Gasteiger partial charge on any atom is 0.237 e. The molecule has 0 aromatic heterocycles. The number of benzene rings is 2. The van der Waals surface area contributed by atoms with Gasteiger partial charge < -0.3 is 10.6 Å². The summed E-state index contributed by atoms with van der Waals surface area (Å²) in [6.07, 6.45) is 1.02. The molecule has 0 saturated carbocycles. The van der Waals surface area contributed by atoms with Crippen molar-refractivity contribution in [1.82, 2.24) is 10.6 Å². The number of rotatable bonds is 6. The predicted octanol–water partition coefficient (Wildman–Crippen LogP) is 3.83. The summed E-state index contributed by atoms with van der Waals surface area (Å²) in [6, 6.07) is 14.3. The molecule has 0 heterocycles. The first-order valence-corrected chi connectivity index (χ1v) is 7.65. The lowest BCUT2D eigenvalue weighted by Gasteiger charge is -2.20. The van der Waals surface area contributed by atoms with E-state index in [0.717, 1.165) is 18.5 Å². The second-order valence-corrected chi connectivity index (χ2v) is 5.47. The fourth-order valence-electron chi connectivity index (χ4n) is 2.50. The van der Waals surface area contributed by atoms with Crippen LogP contribution in [0.1, 0.15) is 38.8 Å². The van der Waals surface area contributed by atoms with Crippen molar-refractivity contribution in [1.29, 1.82) is 0 Å². The molecule has 0 aliphatic heterocycles. The van der Waals surface area contributed by atoms with Gasteiger partial charge in [0.05, 0.1) is 12.1 Å². The second-order valence-electron chi connectivity index (χ2n) is 5.47. The molecule has 120 valence electrons. The summed E-state index contributed by atoms with van der Waals surface area (Å²) in [6.45, 7) is 6.89. The molecule has 0 radical (unpaired) electrons. The molecule has 22 heavy (non-hydrogen) atoms. The van der Waals surface area contributed by atoms with Crippen LogP contribution in [-0.4, -0.2) is 18.5 Å². The van der Waals surface area contributed by atoms with Crippen LogP contribution in [0.5, 0.6) is 0 Å². The fourth-order valence-corrected chi connectivity index (χ4v) is 2.50. The maximum absolute atomic E-state index is 12.2. The van der Waals surface area contributed by atoms with Crippen LogP contribution in [0.15, 0.2) is 42.5 Å². The van der Waals surface area contributed by atoms with E-state index in [1.807, 2.05) is 32.0 Å². The van der Waals surface area contributed by atoms with Crippen molar-refractivity contribution in [2.75, 3.05) is 6.54 Å². The van der Waals surface area contributed by atoms with Crippen molar-refractivity contribution in [3.63, 3.8) is 0 Å². The third-order valence-electron chi connectivity index (χ3n) is 3.74. The van der Waals surface area contributed by atoms with E-state index in [2.05, 4.69) is 41.8 Å². The molecular formula is C18H25ClN2O. The number of amides is 1. The van der Waals surface area contributed by atoms with Crippen LogP contribution >= 0.6 is 12.4 Å². The number of carbonyl (C=O) groups excluding carboxylic acids is 1. The van der Waals surface area contributed by atoms with Crippen molar-refractivity contribution < 1.29 is 4.79 Å². The quantitative estimate of drug-likeness (QED) is 0.849. The molecule has 2 unspecified atom stereocenters. The molecule has 0 bridgehead atoms. The summed E-state index contributed by atoms with van der Waals surface area (Å²) in [4.78, 5) is 12.2. The van der Waals surface area contributed by atoms with E-state index in [4.69, 9.17) is 0 Å². The van der Waals surface area contributed by atoms with Gasteiger partial charge in [-0.15, -0.1) is 12.4 Å². The molecule has 2 aromatic rings. The fraction of sp³-hybridized carbons (Fsp3) is 0.389. The Kier molecular flexibility index (Phi) is 7.36. The van der Waals surface area contributed by atoms with Gasteiger partial charge in [0.2, 0.25) is 5.91 Å². The molecule has 0 aliphatic carbocycles. The first-order valence-electron chi connectivity index (χ1n) is 7.65. The second kappa shape index (κ2) is 8.76. The third kappa shape index (κ3) is 4.46. The Morgan fingerprint density at radius 3 is 2.50 bits per heavy atom. The van der Waals surface area contributed by atoms with Gasteiger partial charge in [-0.3, -0.25) is 4.79 Å². The Bertz CT molecular complexity index is 610. The Morgan fingerprint density at radius 1 is 1.09 bits per heavy atom. The van der Waals surface area contributed by atoms with Crippen molar-refractivity contribution in [3.8, 4) is 0 Å². The number of carbonyl (C=O) groups is 1. The highest BCUT2D eigenvalue weighted by Gasteiger charge is 2.16. The molecule has 0 saturated heterocycles. The van der Waals surface area contributed by atoms with E-state index < -0.39 is 0 Å². The average molecular weight is 321 g/mol. The van der Waals surface area contributed by atoms with Gasteiger partial charge >= 0.3 is 0 Å². The highest BCUT2D eigenvalue weighted by atomic mass is 35.5. The summed E-state index contributed by atoms with van der Waals surface area (Å²) in [5.41, 5.74) is 1.16. The molecule has 3 nitrogen and oxygen atoms in total. The van der Waals surface area contributed by atoms with Crippen molar-refractivity contribution in [2.24, 2.45) is 0 Å². The molecular weight excluding hydrogens is 296 g/mol. The highest BCUT2D eigenvalue weighted by molar-refractivity contribution is 5.87. The summed E-state index contributed by atoms with van der Waals surface area (Å²) < 4.78 is 0. The molecule has 0 fully saturated rings. The smallest absolute Gasteiger partial charge is 0.237 e.